The number of nitrogens with one attached hydrogen (secondary N) is 2. The number of hydrogen-bond donors (Lipinski definition) is 2. The van der Waals surface area contributed by atoms with Crippen molar-refractivity contribution in [2.24, 2.45) is 0 Å². The second-order valence-electron chi connectivity index (χ2n) is 6.29. The first kappa shape index (κ1) is 16.8. The highest BCUT2D eigenvalue weighted by atomic mass is 35.5. The number of rotatable bonds is 3. The van der Waals surface area contributed by atoms with Crippen molar-refractivity contribution in [2.75, 3.05) is 18.5 Å². The first-order chi connectivity index (χ1) is 11.5. The Balaban J connectivity index is 1.71. The van der Waals surface area contributed by atoms with Gasteiger partial charge in [0.25, 0.3) is 0 Å². The Hall–Kier alpha value is -2.05. The molecular formula is C17H21ClN4O2. The molecule has 6 nitrogen and oxygen atoms in total. The fourth-order valence-corrected chi connectivity index (χ4v) is 2.99. The summed E-state index contributed by atoms with van der Waals surface area (Å²) in [6.07, 6.45) is 1.60. The number of carbonyl (C=O) groups is 1. The average Bonchev–Trinajstić information content (AvgIpc) is 2.88. The minimum absolute atomic E-state index is 0.247. The van der Waals surface area contributed by atoms with E-state index in [0.717, 1.165) is 24.2 Å². The van der Waals surface area contributed by atoms with Crippen LogP contribution in [0.15, 0.2) is 30.3 Å². The zero-order chi connectivity index (χ0) is 17.2. The quantitative estimate of drug-likeness (QED) is 0.891. The lowest BCUT2D eigenvalue weighted by molar-refractivity contribution is 0.0499. The first-order valence-electron chi connectivity index (χ1n) is 7.95. The molecule has 1 aliphatic rings. The molecule has 1 aromatic carbocycles. The van der Waals surface area contributed by atoms with Gasteiger partial charge in [0.05, 0.1) is 10.7 Å². The number of benzene rings is 1. The molecule has 0 bridgehead atoms. The SMILES string of the molecule is Cc1cc(NC(=O)NC2(C)CCOCC2)nn1-c1ccccc1Cl. The van der Waals surface area contributed by atoms with Gasteiger partial charge in [0.1, 0.15) is 0 Å². The van der Waals surface area contributed by atoms with E-state index in [9.17, 15) is 4.79 Å². The number of amides is 2. The monoisotopic (exact) mass is 348 g/mol. The van der Waals surface area contributed by atoms with Crippen LogP contribution in [0.3, 0.4) is 0 Å². The number of hydrogen-bond acceptors (Lipinski definition) is 3. The van der Waals surface area contributed by atoms with Gasteiger partial charge in [0, 0.05) is 30.5 Å². The molecule has 0 spiro atoms. The van der Waals surface area contributed by atoms with Crippen LogP contribution >= 0.6 is 11.6 Å². The topological polar surface area (TPSA) is 68.2 Å². The third-order valence-electron chi connectivity index (χ3n) is 4.22. The van der Waals surface area contributed by atoms with Crippen LogP contribution in [0.5, 0.6) is 0 Å². The Labute approximate surface area is 146 Å². The summed E-state index contributed by atoms with van der Waals surface area (Å²) in [7, 11) is 0. The predicted octanol–water partition coefficient (Wildman–Crippen LogP) is 3.52. The van der Waals surface area contributed by atoms with Gasteiger partial charge in [-0.2, -0.15) is 0 Å². The Bertz CT molecular complexity index is 738. The lowest BCUT2D eigenvalue weighted by Gasteiger charge is -2.34. The summed E-state index contributed by atoms with van der Waals surface area (Å²) >= 11 is 6.22. The van der Waals surface area contributed by atoms with Crippen LogP contribution in [-0.2, 0) is 4.74 Å². The third-order valence-corrected chi connectivity index (χ3v) is 4.54. The third kappa shape index (κ3) is 3.71. The van der Waals surface area contributed by atoms with Crippen molar-refractivity contribution in [3.8, 4) is 5.69 Å². The van der Waals surface area contributed by atoms with Gasteiger partial charge in [-0.1, -0.05) is 23.7 Å². The molecule has 3 rings (SSSR count). The van der Waals surface area contributed by atoms with Crippen LogP contribution in [0.1, 0.15) is 25.5 Å². The van der Waals surface area contributed by atoms with Gasteiger partial charge in [0.2, 0.25) is 0 Å². The van der Waals surface area contributed by atoms with Crippen molar-refractivity contribution < 1.29 is 9.53 Å². The molecule has 1 saturated heterocycles. The molecule has 1 aromatic heterocycles. The molecular weight excluding hydrogens is 328 g/mol. The summed E-state index contributed by atoms with van der Waals surface area (Å²) in [5.41, 5.74) is 1.42. The molecule has 0 atom stereocenters. The van der Waals surface area contributed by atoms with E-state index in [4.69, 9.17) is 16.3 Å². The second kappa shape index (κ2) is 6.83. The fourth-order valence-electron chi connectivity index (χ4n) is 2.77. The van der Waals surface area contributed by atoms with Crippen LogP contribution < -0.4 is 10.6 Å². The number of anilines is 1. The number of ether oxygens (including phenoxy) is 1. The molecule has 1 fully saturated rings. The number of carbonyl (C=O) groups excluding carboxylic acids is 1. The van der Waals surface area contributed by atoms with Crippen LogP contribution in [0.2, 0.25) is 5.02 Å². The number of nitrogens with zero attached hydrogens (tertiary/aromatic N) is 2. The minimum Gasteiger partial charge on any atom is -0.381 e. The highest BCUT2D eigenvalue weighted by Crippen LogP contribution is 2.23. The number of halogens is 1. The number of aryl methyl sites for hydroxylation is 1. The van der Waals surface area contributed by atoms with Crippen molar-refractivity contribution in [2.45, 2.75) is 32.2 Å². The first-order valence-corrected chi connectivity index (χ1v) is 8.33. The van der Waals surface area contributed by atoms with Crippen molar-refractivity contribution >= 4 is 23.4 Å². The van der Waals surface area contributed by atoms with Crippen molar-refractivity contribution in [3.05, 3.63) is 41.0 Å². The molecule has 24 heavy (non-hydrogen) atoms. The Morgan fingerprint density at radius 3 is 2.75 bits per heavy atom. The number of aromatic nitrogens is 2. The van der Waals surface area contributed by atoms with Crippen LogP contribution in [-0.4, -0.2) is 34.6 Å². The summed E-state index contributed by atoms with van der Waals surface area (Å²) in [6.45, 7) is 5.27. The Kier molecular flexibility index (Phi) is 4.78. The van der Waals surface area contributed by atoms with Gasteiger partial charge >= 0.3 is 6.03 Å². The van der Waals surface area contributed by atoms with E-state index in [1.54, 1.807) is 4.68 Å². The molecule has 0 saturated carbocycles. The summed E-state index contributed by atoms with van der Waals surface area (Å²) < 4.78 is 7.06. The van der Waals surface area contributed by atoms with Gasteiger partial charge in [0.15, 0.2) is 5.82 Å². The van der Waals surface area contributed by atoms with Gasteiger partial charge in [-0.15, -0.1) is 5.10 Å². The van der Waals surface area contributed by atoms with Crippen LogP contribution in [0, 0.1) is 6.92 Å². The summed E-state index contributed by atoms with van der Waals surface area (Å²) in [6, 6.07) is 9.01. The predicted molar refractivity (Wildman–Crippen MR) is 93.9 cm³/mol. The molecule has 2 N–H and O–H groups in total. The van der Waals surface area contributed by atoms with Gasteiger partial charge in [-0.25, -0.2) is 9.48 Å². The number of urea groups is 1. The molecule has 0 radical (unpaired) electrons. The molecule has 1 aliphatic heterocycles. The summed E-state index contributed by atoms with van der Waals surface area (Å²) in [4.78, 5) is 12.3. The van der Waals surface area contributed by atoms with Crippen molar-refractivity contribution in [1.29, 1.82) is 0 Å². The maximum Gasteiger partial charge on any atom is 0.320 e. The van der Waals surface area contributed by atoms with Crippen molar-refractivity contribution in [3.63, 3.8) is 0 Å². The van der Waals surface area contributed by atoms with E-state index < -0.39 is 0 Å². The maximum atomic E-state index is 12.3. The van der Waals surface area contributed by atoms with Crippen LogP contribution in [0.25, 0.3) is 5.69 Å². The van der Waals surface area contributed by atoms with Crippen molar-refractivity contribution in [1.82, 2.24) is 15.1 Å². The molecule has 128 valence electrons. The average molecular weight is 349 g/mol. The van der Waals surface area contributed by atoms with E-state index in [-0.39, 0.29) is 11.6 Å². The smallest absolute Gasteiger partial charge is 0.320 e. The zero-order valence-corrected chi connectivity index (χ0v) is 14.6. The molecule has 0 unspecified atom stereocenters. The van der Waals surface area contributed by atoms with E-state index in [0.29, 0.717) is 24.1 Å². The maximum absolute atomic E-state index is 12.3. The zero-order valence-electron chi connectivity index (χ0n) is 13.8. The summed E-state index contributed by atoms with van der Waals surface area (Å²) in [5.74, 6) is 0.487. The highest BCUT2D eigenvalue weighted by Gasteiger charge is 2.29. The lowest BCUT2D eigenvalue weighted by Crippen LogP contribution is -2.51. The number of para-hydroxylation sites is 1. The lowest BCUT2D eigenvalue weighted by atomic mass is 9.93. The van der Waals surface area contributed by atoms with Gasteiger partial charge < -0.3 is 10.1 Å². The van der Waals surface area contributed by atoms with Gasteiger partial charge in [-0.05, 0) is 38.8 Å². The van der Waals surface area contributed by atoms with Gasteiger partial charge in [-0.3, -0.25) is 5.32 Å². The van der Waals surface area contributed by atoms with E-state index >= 15 is 0 Å². The Morgan fingerprint density at radius 2 is 2.04 bits per heavy atom. The van der Waals surface area contributed by atoms with E-state index in [2.05, 4.69) is 15.7 Å². The van der Waals surface area contributed by atoms with E-state index in [1.807, 2.05) is 44.2 Å². The molecule has 2 heterocycles. The fraction of sp³-hybridized carbons (Fsp3) is 0.412. The standard InChI is InChI=1S/C17H21ClN4O2/c1-12-11-15(21-22(12)14-6-4-3-5-13(14)18)19-16(23)20-17(2)7-9-24-10-8-17/h3-6,11H,7-10H2,1-2H3,(H2,19,20,21,23). The Morgan fingerprint density at radius 1 is 1.33 bits per heavy atom. The molecule has 2 amide bonds. The molecule has 7 heteroatoms. The van der Waals surface area contributed by atoms with E-state index in [1.165, 1.54) is 0 Å². The molecule has 0 aliphatic carbocycles. The molecule has 2 aromatic rings. The summed E-state index contributed by atoms with van der Waals surface area (Å²) in [5, 5.41) is 10.9. The normalized spacial score (nSPS) is 16.6. The minimum atomic E-state index is -0.261. The highest BCUT2D eigenvalue weighted by molar-refractivity contribution is 6.32. The second-order valence-corrected chi connectivity index (χ2v) is 6.69. The largest absolute Gasteiger partial charge is 0.381 e. The van der Waals surface area contributed by atoms with Crippen LogP contribution in [0.4, 0.5) is 10.6 Å².